The summed E-state index contributed by atoms with van der Waals surface area (Å²) in [6, 6.07) is 18.8. The number of nitrogens with two attached hydrogens (primary N) is 1. The molecule has 2 aromatic rings. The third-order valence-corrected chi connectivity index (χ3v) is 1.96. The van der Waals surface area contributed by atoms with Gasteiger partial charge in [-0.3, -0.25) is 0 Å². The maximum absolute atomic E-state index is 9.00. The monoisotopic (exact) mass is 353 g/mol. The molecule has 0 heterocycles. The Morgan fingerprint density at radius 1 is 1.06 bits per heavy atom. The van der Waals surface area contributed by atoms with Gasteiger partial charge in [0.15, 0.2) is 0 Å². The number of hydrogen-bond donors (Lipinski definition) is 1. The van der Waals surface area contributed by atoms with Crippen LogP contribution in [0.15, 0.2) is 48.5 Å². The number of anilines is 1. The van der Waals surface area contributed by atoms with Crippen LogP contribution in [0.4, 0.5) is 5.69 Å². The minimum Gasteiger partial charge on any atom is -0.424 e. The summed E-state index contributed by atoms with van der Waals surface area (Å²) in [7, 11) is -1.86. The molecule has 0 saturated carbocycles. The van der Waals surface area contributed by atoms with Crippen molar-refractivity contribution in [2.45, 2.75) is 0 Å². The molecule has 0 radical (unpaired) electrons. The first kappa shape index (κ1) is 16.9. The Kier molecular flexibility index (Phi) is 8.31. The predicted octanol–water partition coefficient (Wildman–Crippen LogP) is 2.66. The van der Waals surface area contributed by atoms with Crippen LogP contribution >= 0.6 is 0 Å². The third kappa shape index (κ3) is 5.97. The van der Waals surface area contributed by atoms with E-state index in [-0.39, 0.29) is 20.4 Å². The van der Waals surface area contributed by atoms with Crippen LogP contribution in [0.5, 0.6) is 0 Å². The average Bonchev–Trinajstić information content (AvgIpc) is 2.30. The van der Waals surface area contributed by atoms with E-state index in [1.54, 1.807) is 0 Å². The second-order valence-electron chi connectivity index (χ2n) is 3.26. The molecule has 0 unspecified atom stereocenters. The molecule has 0 aliphatic heterocycles. The van der Waals surface area contributed by atoms with Crippen molar-refractivity contribution in [3.63, 3.8) is 0 Å². The van der Waals surface area contributed by atoms with E-state index in [0.717, 1.165) is 23.1 Å². The molecule has 0 atom stereocenters. The fourth-order valence-corrected chi connectivity index (χ4v) is 1.30. The van der Waals surface area contributed by atoms with Crippen molar-refractivity contribution in [1.82, 2.24) is 0 Å². The van der Waals surface area contributed by atoms with E-state index in [4.69, 9.17) is 14.2 Å². The average molecular weight is 354 g/mol. The quantitative estimate of drug-likeness (QED) is 0.371. The van der Waals surface area contributed by atoms with Gasteiger partial charge in [-0.05, 0) is 11.8 Å². The molecule has 0 aliphatic rings. The van der Waals surface area contributed by atoms with Crippen molar-refractivity contribution in [3.05, 3.63) is 54.6 Å². The van der Waals surface area contributed by atoms with Crippen LogP contribution in [0.1, 0.15) is 0 Å². The molecule has 0 spiro atoms. The summed E-state index contributed by atoms with van der Waals surface area (Å²) in [4.78, 5) is 0. The Balaban J connectivity index is 0.000000512. The van der Waals surface area contributed by atoms with Gasteiger partial charge in [0.2, 0.25) is 0 Å². The Morgan fingerprint density at radius 2 is 1.61 bits per heavy atom. The molecule has 0 saturated heterocycles. The van der Waals surface area contributed by atoms with E-state index in [9.17, 15) is 0 Å². The molecule has 5 heteroatoms. The van der Waals surface area contributed by atoms with Gasteiger partial charge >= 0.3 is 20.4 Å². The van der Waals surface area contributed by atoms with Gasteiger partial charge in [-0.2, -0.15) is 0 Å². The summed E-state index contributed by atoms with van der Waals surface area (Å²) >= 11 is 0. The van der Waals surface area contributed by atoms with Crippen LogP contribution in [0.2, 0.25) is 0 Å². The molecule has 98 valence electrons. The maximum Gasteiger partial charge on any atom is 2.00 e. The number of para-hydroxylation sites is 1. The number of rotatable bonds is 1. The van der Waals surface area contributed by atoms with Crippen LogP contribution in [0.3, 0.4) is 0 Å². The normalized spacial score (nSPS) is 9.00. The largest absolute Gasteiger partial charge is 2.00 e. The maximum atomic E-state index is 9.00. The molecule has 2 N–H and O–H groups in total. The van der Waals surface area contributed by atoms with Gasteiger partial charge in [-0.1, -0.05) is 40.7 Å². The van der Waals surface area contributed by atoms with E-state index >= 15 is 0 Å². The first-order valence-corrected chi connectivity index (χ1v) is 6.42. The van der Waals surface area contributed by atoms with Crippen LogP contribution in [0, 0.1) is 6.07 Å². The van der Waals surface area contributed by atoms with E-state index < -0.39 is 10.7 Å². The van der Waals surface area contributed by atoms with Crippen molar-refractivity contribution >= 4 is 16.4 Å². The summed E-state index contributed by atoms with van der Waals surface area (Å²) in [5.74, 6) is 0. The first-order chi connectivity index (χ1) is 8.11. The Labute approximate surface area is 123 Å². The van der Waals surface area contributed by atoms with Crippen molar-refractivity contribution in [1.29, 1.82) is 0 Å². The van der Waals surface area contributed by atoms with E-state index in [2.05, 4.69) is 6.07 Å². The summed E-state index contributed by atoms with van der Waals surface area (Å²) in [5.41, 5.74) is 8.72. The molecule has 0 aromatic heterocycles. The van der Waals surface area contributed by atoms with Crippen molar-refractivity contribution in [2.24, 2.45) is 0 Å². The van der Waals surface area contributed by atoms with E-state index in [1.165, 1.54) is 0 Å². The zero-order valence-electron chi connectivity index (χ0n) is 9.74. The molecule has 0 amide bonds. The summed E-state index contributed by atoms with van der Waals surface area (Å²) in [6.45, 7) is 0. The van der Waals surface area contributed by atoms with Gasteiger partial charge in [0.05, 0.1) is 0 Å². The minimum atomic E-state index is -1.86. The minimum absolute atomic E-state index is 0. The van der Waals surface area contributed by atoms with Crippen LogP contribution < -0.4 is 5.73 Å². The second kappa shape index (κ2) is 8.87. The van der Waals surface area contributed by atoms with Gasteiger partial charge in [0.1, 0.15) is 0 Å². The van der Waals surface area contributed by atoms with Gasteiger partial charge in [0, 0.05) is 0 Å². The number of benzene rings is 2. The Morgan fingerprint density at radius 3 is 2.11 bits per heavy atom. The second-order valence-corrected chi connectivity index (χ2v) is 4.07. The van der Waals surface area contributed by atoms with Crippen molar-refractivity contribution < 1.29 is 28.8 Å². The predicted molar refractivity (Wildman–Crippen MR) is 69.8 cm³/mol. The van der Waals surface area contributed by atoms with E-state index in [0.29, 0.717) is 0 Å². The summed E-state index contributed by atoms with van der Waals surface area (Å²) < 4.78 is 18.0. The van der Waals surface area contributed by atoms with Gasteiger partial charge in [-0.25, -0.2) is 0 Å². The zero-order chi connectivity index (χ0) is 12.7. The Hall–Kier alpha value is -1.15. The SMILES string of the molecule is C[S-](=O)=O.Nc1ccccc1-c1[c-]cccc1.[Pd+2]. The van der Waals surface area contributed by atoms with Gasteiger partial charge in [0.25, 0.3) is 0 Å². The van der Waals surface area contributed by atoms with Gasteiger partial charge < -0.3 is 14.2 Å². The molecule has 3 nitrogen and oxygen atoms in total. The standard InChI is InChI=1S/C12H10N.CH3O2S.Pd/c13-12-9-5-4-8-11(12)10-6-2-1-3-7-10;1-4(2)3;/h1-6,8-9H,13H2;1H3;/q2*-1;+2. The summed E-state index contributed by atoms with van der Waals surface area (Å²) in [6.07, 6.45) is 1.08. The molecule has 2 rings (SSSR count). The smallest absolute Gasteiger partial charge is 0.424 e. The number of nitrogen functional groups attached to an aromatic ring is 1. The topological polar surface area (TPSA) is 60.2 Å². The van der Waals surface area contributed by atoms with Crippen molar-refractivity contribution in [3.8, 4) is 11.1 Å². The van der Waals surface area contributed by atoms with E-state index in [1.807, 2.05) is 48.5 Å². The Bertz CT molecular complexity index is 534. The molecular formula is C13H13NO2PdS. The molecule has 0 bridgehead atoms. The molecule has 0 aliphatic carbocycles. The van der Waals surface area contributed by atoms with Crippen LogP contribution in [0.25, 0.3) is 11.1 Å². The molecular weight excluding hydrogens is 341 g/mol. The fraction of sp³-hybridized carbons (Fsp3) is 0.0769. The van der Waals surface area contributed by atoms with Crippen LogP contribution in [-0.2, 0) is 39.5 Å². The van der Waals surface area contributed by atoms with Gasteiger partial charge in [-0.15, -0.1) is 35.9 Å². The molecule has 2 aromatic carbocycles. The molecule has 18 heavy (non-hydrogen) atoms. The third-order valence-electron chi connectivity index (χ3n) is 1.96. The summed E-state index contributed by atoms with van der Waals surface area (Å²) in [5, 5.41) is 0. The zero-order valence-corrected chi connectivity index (χ0v) is 12.1. The first-order valence-electron chi connectivity index (χ1n) is 4.93. The number of hydrogen-bond acceptors (Lipinski definition) is 4. The fourth-order valence-electron chi connectivity index (χ4n) is 1.30. The van der Waals surface area contributed by atoms with Crippen molar-refractivity contribution in [2.75, 3.05) is 12.0 Å². The van der Waals surface area contributed by atoms with Crippen LogP contribution in [-0.4, -0.2) is 6.26 Å². The molecule has 0 fully saturated rings.